The predicted molar refractivity (Wildman–Crippen MR) is 142 cm³/mol. The van der Waals surface area contributed by atoms with Crippen molar-refractivity contribution in [1.82, 2.24) is 10.2 Å². The van der Waals surface area contributed by atoms with Gasteiger partial charge in [0.15, 0.2) is 5.78 Å². The lowest BCUT2D eigenvalue weighted by atomic mass is 9.73. The number of carbonyl (C=O) groups excluding carboxylic acids is 2. The fourth-order valence-corrected chi connectivity index (χ4v) is 5.70. The average molecular weight is 525 g/mol. The van der Waals surface area contributed by atoms with Gasteiger partial charge in [0.05, 0.1) is 37.2 Å². The summed E-state index contributed by atoms with van der Waals surface area (Å²) < 4.78 is 34.4. The van der Waals surface area contributed by atoms with Crippen LogP contribution in [0.1, 0.15) is 38.3 Å². The predicted octanol–water partition coefficient (Wildman–Crippen LogP) is 4.03. The van der Waals surface area contributed by atoms with Crippen LogP contribution in [0.2, 0.25) is 0 Å². The number of halogens is 2. The standard InChI is InChI=1S/C29H34F2N4O3/c1-29(2)16-23-27(25(36)17-29)28(19-13-20(30)15-21(31)14-19)35(24-6-4-3-5-22(24)33-23)18-26(37)32-7-8-34-9-11-38-12-10-34/h3-6,13-15,28,33H,7-12,16-18H2,1-2H3,(H,32,37). The van der Waals surface area contributed by atoms with Crippen molar-refractivity contribution in [1.29, 1.82) is 0 Å². The van der Waals surface area contributed by atoms with Crippen molar-refractivity contribution < 1.29 is 23.1 Å². The van der Waals surface area contributed by atoms with Gasteiger partial charge in [0.25, 0.3) is 0 Å². The van der Waals surface area contributed by atoms with E-state index in [1.807, 2.05) is 38.1 Å². The third-order valence-electron chi connectivity index (χ3n) is 7.37. The Labute approximate surface area is 221 Å². The third kappa shape index (κ3) is 5.73. The molecule has 0 bridgehead atoms. The minimum atomic E-state index is -0.833. The van der Waals surface area contributed by atoms with Gasteiger partial charge in [-0.05, 0) is 41.7 Å². The summed E-state index contributed by atoms with van der Waals surface area (Å²) >= 11 is 0. The second kappa shape index (κ2) is 10.8. The van der Waals surface area contributed by atoms with E-state index in [2.05, 4.69) is 15.5 Å². The molecule has 202 valence electrons. The highest BCUT2D eigenvalue weighted by Crippen LogP contribution is 2.48. The molecular formula is C29H34F2N4O3. The summed E-state index contributed by atoms with van der Waals surface area (Å²) in [5.41, 5.74) is 2.62. The zero-order chi connectivity index (χ0) is 26.9. The van der Waals surface area contributed by atoms with Crippen LogP contribution in [0.15, 0.2) is 53.7 Å². The molecule has 38 heavy (non-hydrogen) atoms. The first-order valence-corrected chi connectivity index (χ1v) is 13.1. The highest BCUT2D eigenvalue weighted by molar-refractivity contribution is 6.01. The number of Topliss-reactive ketones (excluding diaryl/α,β-unsaturated/α-hetero) is 1. The molecule has 0 radical (unpaired) electrons. The maximum atomic E-state index is 14.5. The van der Waals surface area contributed by atoms with E-state index in [0.29, 0.717) is 56.0 Å². The van der Waals surface area contributed by atoms with Crippen LogP contribution in [-0.2, 0) is 14.3 Å². The molecule has 2 aromatic carbocycles. The number of fused-ring (bicyclic) bond motifs is 1. The molecule has 3 aliphatic rings. The number of amides is 1. The summed E-state index contributed by atoms with van der Waals surface area (Å²) in [6, 6.07) is 9.97. The molecule has 2 N–H and O–H groups in total. The molecule has 0 saturated carbocycles. The number of nitrogens with zero attached hydrogens (tertiary/aromatic N) is 2. The van der Waals surface area contributed by atoms with E-state index >= 15 is 0 Å². The number of para-hydroxylation sites is 2. The SMILES string of the molecule is CC1(C)CC(=O)C2=C(C1)Nc1ccccc1N(CC(=O)NCCN1CCOCC1)C2c1cc(F)cc(F)c1. The summed E-state index contributed by atoms with van der Waals surface area (Å²) in [7, 11) is 0. The number of hydrogen-bond donors (Lipinski definition) is 2. The Balaban J connectivity index is 1.52. The van der Waals surface area contributed by atoms with Crippen LogP contribution in [0.3, 0.4) is 0 Å². The van der Waals surface area contributed by atoms with E-state index in [-0.39, 0.29) is 23.7 Å². The van der Waals surface area contributed by atoms with Crippen LogP contribution >= 0.6 is 0 Å². The van der Waals surface area contributed by atoms with E-state index in [0.717, 1.165) is 30.5 Å². The number of anilines is 2. The van der Waals surface area contributed by atoms with Gasteiger partial charge >= 0.3 is 0 Å². The molecule has 1 saturated heterocycles. The highest BCUT2D eigenvalue weighted by Gasteiger charge is 2.42. The maximum Gasteiger partial charge on any atom is 0.239 e. The zero-order valence-electron chi connectivity index (χ0n) is 21.9. The van der Waals surface area contributed by atoms with Gasteiger partial charge < -0.3 is 20.3 Å². The zero-order valence-corrected chi connectivity index (χ0v) is 21.9. The van der Waals surface area contributed by atoms with Gasteiger partial charge in [-0.3, -0.25) is 14.5 Å². The van der Waals surface area contributed by atoms with Crippen molar-refractivity contribution in [3.63, 3.8) is 0 Å². The van der Waals surface area contributed by atoms with Gasteiger partial charge in [0, 0.05) is 49.9 Å². The lowest BCUT2D eigenvalue weighted by Gasteiger charge is -2.38. The highest BCUT2D eigenvalue weighted by atomic mass is 19.1. The molecule has 2 aliphatic heterocycles. The molecule has 5 rings (SSSR count). The van der Waals surface area contributed by atoms with Crippen molar-refractivity contribution in [3.8, 4) is 0 Å². The van der Waals surface area contributed by atoms with Crippen molar-refractivity contribution in [2.24, 2.45) is 5.41 Å². The Morgan fingerprint density at radius 1 is 1.11 bits per heavy atom. The normalized spacial score (nSPS) is 21.3. The molecule has 2 heterocycles. The molecular weight excluding hydrogens is 490 g/mol. The topological polar surface area (TPSA) is 73.9 Å². The van der Waals surface area contributed by atoms with Crippen molar-refractivity contribution in [3.05, 3.63) is 70.9 Å². The number of rotatable bonds is 6. The number of hydrogen-bond acceptors (Lipinski definition) is 6. The van der Waals surface area contributed by atoms with Crippen molar-refractivity contribution in [2.75, 3.05) is 56.2 Å². The first-order chi connectivity index (χ1) is 18.2. The van der Waals surface area contributed by atoms with E-state index in [1.54, 1.807) is 4.90 Å². The number of benzene rings is 2. The fourth-order valence-electron chi connectivity index (χ4n) is 5.70. The first kappa shape index (κ1) is 26.3. The fraction of sp³-hybridized carbons (Fsp3) is 0.448. The molecule has 0 aromatic heterocycles. The van der Waals surface area contributed by atoms with E-state index in [9.17, 15) is 18.4 Å². The van der Waals surface area contributed by atoms with Crippen LogP contribution in [0.25, 0.3) is 0 Å². The lowest BCUT2D eigenvalue weighted by Crippen LogP contribution is -2.45. The molecule has 1 amide bonds. The third-order valence-corrected chi connectivity index (χ3v) is 7.37. The summed E-state index contributed by atoms with van der Waals surface area (Å²) in [5, 5.41) is 6.43. The number of morpholine rings is 1. The summed E-state index contributed by atoms with van der Waals surface area (Å²) in [6.45, 7) is 8.15. The monoisotopic (exact) mass is 524 g/mol. The van der Waals surface area contributed by atoms with Crippen molar-refractivity contribution >= 4 is 23.1 Å². The number of ether oxygens (including phenoxy) is 1. The average Bonchev–Trinajstić information content (AvgIpc) is 2.98. The van der Waals surface area contributed by atoms with Crippen LogP contribution in [0.4, 0.5) is 20.2 Å². The Morgan fingerprint density at radius 3 is 2.55 bits per heavy atom. The van der Waals surface area contributed by atoms with Gasteiger partial charge in [-0.25, -0.2) is 8.78 Å². The van der Waals surface area contributed by atoms with Gasteiger partial charge in [-0.15, -0.1) is 0 Å². The lowest BCUT2D eigenvalue weighted by molar-refractivity contribution is -0.120. The maximum absolute atomic E-state index is 14.5. The molecule has 7 nitrogen and oxygen atoms in total. The Bertz CT molecular complexity index is 1240. The summed E-state index contributed by atoms with van der Waals surface area (Å²) in [6.07, 6.45) is 0.897. The van der Waals surface area contributed by atoms with Gasteiger partial charge in [-0.1, -0.05) is 26.0 Å². The van der Waals surface area contributed by atoms with Crippen LogP contribution in [-0.4, -0.2) is 62.5 Å². The van der Waals surface area contributed by atoms with Crippen LogP contribution < -0.4 is 15.5 Å². The molecule has 1 fully saturated rings. The van der Waals surface area contributed by atoms with Crippen LogP contribution in [0.5, 0.6) is 0 Å². The second-order valence-corrected chi connectivity index (χ2v) is 11.0. The smallest absolute Gasteiger partial charge is 0.239 e. The van der Waals surface area contributed by atoms with E-state index in [1.165, 1.54) is 12.1 Å². The quantitative estimate of drug-likeness (QED) is 0.595. The molecule has 2 aromatic rings. The van der Waals surface area contributed by atoms with Gasteiger partial charge in [-0.2, -0.15) is 0 Å². The molecule has 1 aliphatic carbocycles. The Morgan fingerprint density at radius 2 is 1.82 bits per heavy atom. The Kier molecular flexibility index (Phi) is 7.49. The number of ketones is 1. The van der Waals surface area contributed by atoms with Crippen molar-refractivity contribution in [2.45, 2.75) is 32.7 Å². The second-order valence-electron chi connectivity index (χ2n) is 11.0. The first-order valence-electron chi connectivity index (χ1n) is 13.1. The van der Waals surface area contributed by atoms with Gasteiger partial charge in [0.2, 0.25) is 5.91 Å². The molecule has 1 atom stereocenters. The summed E-state index contributed by atoms with van der Waals surface area (Å²) in [4.78, 5) is 30.9. The summed E-state index contributed by atoms with van der Waals surface area (Å²) in [5.74, 6) is -1.79. The van der Waals surface area contributed by atoms with E-state index < -0.39 is 17.7 Å². The van der Waals surface area contributed by atoms with Gasteiger partial charge in [0.1, 0.15) is 11.6 Å². The number of carbonyl (C=O) groups is 2. The number of nitrogens with one attached hydrogen (secondary N) is 2. The molecule has 9 heteroatoms. The minimum absolute atomic E-state index is 0.0853. The molecule has 1 unspecified atom stereocenters. The Hall–Kier alpha value is -3.30. The minimum Gasteiger partial charge on any atom is -0.379 e. The largest absolute Gasteiger partial charge is 0.379 e. The molecule has 0 spiro atoms. The van der Waals surface area contributed by atoms with E-state index in [4.69, 9.17) is 4.74 Å². The number of allylic oxidation sites excluding steroid dienone is 1. The van der Waals surface area contributed by atoms with Crippen LogP contribution in [0, 0.1) is 17.0 Å².